The molecular formula is C15H24N2O4. The number of ether oxygens (including phenoxy) is 2. The number of rotatable bonds is 7. The van der Waals surface area contributed by atoms with Crippen LogP contribution in [0.2, 0.25) is 0 Å². The fourth-order valence-corrected chi connectivity index (χ4v) is 1.99. The van der Waals surface area contributed by atoms with Gasteiger partial charge in [0.2, 0.25) is 0 Å². The lowest BCUT2D eigenvalue weighted by molar-refractivity contribution is 0.163. The molecule has 21 heavy (non-hydrogen) atoms. The lowest BCUT2D eigenvalue weighted by Gasteiger charge is -2.15. The van der Waals surface area contributed by atoms with Crippen LogP contribution in [0.25, 0.3) is 0 Å². The first-order valence-electron chi connectivity index (χ1n) is 6.90. The van der Waals surface area contributed by atoms with Crippen molar-refractivity contribution in [2.45, 2.75) is 26.4 Å². The molecule has 1 aromatic carbocycles. The highest BCUT2D eigenvalue weighted by atomic mass is 16.5. The number of hydrogen-bond donors (Lipinski definition) is 3. The minimum atomic E-state index is -0.368. The molecule has 1 rings (SSSR count). The summed E-state index contributed by atoms with van der Waals surface area (Å²) in [5.74, 6) is 1.41. The molecule has 0 unspecified atom stereocenters. The number of benzene rings is 1. The van der Waals surface area contributed by atoms with Crippen LogP contribution in [0.3, 0.4) is 0 Å². The summed E-state index contributed by atoms with van der Waals surface area (Å²) in [6.45, 7) is 4.21. The Morgan fingerprint density at radius 3 is 2.24 bits per heavy atom. The van der Waals surface area contributed by atoms with Crippen LogP contribution in [0.15, 0.2) is 18.2 Å². The van der Waals surface area contributed by atoms with Crippen LogP contribution in [-0.4, -0.2) is 38.0 Å². The molecule has 0 aliphatic heterocycles. The number of hydrogen-bond acceptors (Lipinski definition) is 4. The van der Waals surface area contributed by atoms with E-state index in [1.54, 1.807) is 39.3 Å². The Kier molecular flexibility index (Phi) is 6.81. The number of carbonyl (C=O) groups is 1. The number of aliphatic hydroxyl groups is 1. The summed E-state index contributed by atoms with van der Waals surface area (Å²) >= 11 is 0. The summed E-state index contributed by atoms with van der Waals surface area (Å²) in [5, 5.41) is 14.8. The molecule has 0 radical (unpaired) electrons. The Morgan fingerprint density at radius 1 is 1.19 bits per heavy atom. The molecule has 0 aliphatic rings. The zero-order chi connectivity index (χ0) is 15.8. The largest absolute Gasteiger partial charge is 0.497 e. The predicted octanol–water partition coefficient (Wildman–Crippen LogP) is 2.23. The van der Waals surface area contributed by atoms with Crippen molar-refractivity contribution in [3.8, 4) is 11.5 Å². The van der Waals surface area contributed by atoms with E-state index in [1.807, 2.05) is 6.92 Å². The molecule has 2 amide bonds. The van der Waals surface area contributed by atoms with Crippen LogP contribution in [0, 0.1) is 5.92 Å². The zero-order valence-corrected chi connectivity index (χ0v) is 13.0. The number of aliphatic hydroxyl groups excluding tert-OH is 1. The van der Waals surface area contributed by atoms with Gasteiger partial charge in [0, 0.05) is 30.4 Å². The highest BCUT2D eigenvalue weighted by Crippen LogP contribution is 2.25. The number of amides is 2. The van der Waals surface area contributed by atoms with Gasteiger partial charge in [-0.25, -0.2) is 4.79 Å². The number of anilines is 1. The van der Waals surface area contributed by atoms with Gasteiger partial charge in [-0.05, 0) is 19.3 Å². The van der Waals surface area contributed by atoms with Gasteiger partial charge in [0.15, 0.2) is 0 Å². The summed E-state index contributed by atoms with van der Waals surface area (Å²) in [6.07, 6.45) is 0.278. The van der Waals surface area contributed by atoms with Crippen molar-refractivity contribution in [3.05, 3.63) is 18.2 Å². The van der Waals surface area contributed by atoms with Crippen LogP contribution in [0.1, 0.15) is 20.3 Å². The monoisotopic (exact) mass is 296 g/mol. The zero-order valence-electron chi connectivity index (χ0n) is 13.0. The minimum Gasteiger partial charge on any atom is -0.497 e. The average molecular weight is 296 g/mol. The Bertz CT molecular complexity index is 441. The third-order valence-corrected chi connectivity index (χ3v) is 2.96. The van der Waals surface area contributed by atoms with E-state index in [2.05, 4.69) is 10.6 Å². The smallest absolute Gasteiger partial charge is 0.319 e. The molecule has 0 aliphatic carbocycles. The Hall–Kier alpha value is -1.95. The molecule has 6 heteroatoms. The van der Waals surface area contributed by atoms with E-state index in [0.717, 1.165) is 0 Å². The summed E-state index contributed by atoms with van der Waals surface area (Å²) in [7, 11) is 3.10. The number of urea groups is 1. The first-order valence-corrected chi connectivity index (χ1v) is 6.90. The second kappa shape index (κ2) is 8.36. The van der Waals surface area contributed by atoms with Crippen molar-refractivity contribution in [2.75, 3.05) is 26.1 Å². The van der Waals surface area contributed by atoms with Crippen molar-refractivity contribution >= 4 is 11.7 Å². The first-order chi connectivity index (χ1) is 9.94. The van der Waals surface area contributed by atoms with Gasteiger partial charge in [0.25, 0.3) is 0 Å². The van der Waals surface area contributed by atoms with Gasteiger partial charge in [-0.2, -0.15) is 0 Å². The van der Waals surface area contributed by atoms with Crippen molar-refractivity contribution in [1.29, 1.82) is 0 Å². The van der Waals surface area contributed by atoms with Gasteiger partial charge in [0.05, 0.1) is 20.3 Å². The summed E-state index contributed by atoms with van der Waals surface area (Å²) in [5.41, 5.74) is 0.590. The lowest BCUT2D eigenvalue weighted by atomic mass is 10.1. The van der Waals surface area contributed by atoms with Gasteiger partial charge in [-0.1, -0.05) is 6.92 Å². The SMILES string of the molecule is COc1cc(NC(=O)NC[C@@H](C)C[C@H](C)O)cc(OC)c1. The third kappa shape index (κ3) is 6.35. The van der Waals surface area contributed by atoms with Gasteiger partial charge >= 0.3 is 6.03 Å². The molecule has 3 N–H and O–H groups in total. The average Bonchev–Trinajstić information content (AvgIpc) is 2.44. The molecule has 118 valence electrons. The predicted molar refractivity (Wildman–Crippen MR) is 82.0 cm³/mol. The molecule has 0 saturated carbocycles. The van der Waals surface area contributed by atoms with Gasteiger partial charge in [-0.3, -0.25) is 0 Å². The van der Waals surface area contributed by atoms with Crippen molar-refractivity contribution < 1.29 is 19.4 Å². The molecule has 2 atom stereocenters. The number of nitrogens with one attached hydrogen (secondary N) is 2. The van der Waals surface area contributed by atoms with E-state index < -0.39 is 0 Å². The van der Waals surface area contributed by atoms with Gasteiger partial charge in [0.1, 0.15) is 11.5 Å². The second-order valence-corrected chi connectivity index (χ2v) is 5.13. The molecule has 0 heterocycles. The fraction of sp³-hybridized carbons (Fsp3) is 0.533. The van der Waals surface area contributed by atoms with Gasteiger partial charge < -0.3 is 25.2 Å². The molecular weight excluding hydrogens is 272 g/mol. The number of methoxy groups -OCH3 is 2. The van der Waals surface area contributed by atoms with E-state index >= 15 is 0 Å². The summed E-state index contributed by atoms with van der Waals surface area (Å²) < 4.78 is 10.3. The molecule has 0 fully saturated rings. The maximum absolute atomic E-state index is 11.8. The van der Waals surface area contributed by atoms with E-state index in [9.17, 15) is 9.90 Å². The highest BCUT2D eigenvalue weighted by molar-refractivity contribution is 5.89. The minimum absolute atomic E-state index is 0.204. The maximum Gasteiger partial charge on any atom is 0.319 e. The Morgan fingerprint density at radius 2 is 1.76 bits per heavy atom. The molecule has 1 aromatic rings. The van der Waals surface area contributed by atoms with E-state index in [-0.39, 0.29) is 18.1 Å². The fourth-order valence-electron chi connectivity index (χ4n) is 1.99. The molecule has 6 nitrogen and oxygen atoms in total. The molecule has 0 aromatic heterocycles. The summed E-state index contributed by atoms with van der Waals surface area (Å²) in [4.78, 5) is 11.8. The maximum atomic E-state index is 11.8. The number of carbonyl (C=O) groups excluding carboxylic acids is 1. The Balaban J connectivity index is 2.54. The lowest BCUT2D eigenvalue weighted by Crippen LogP contribution is -2.33. The topological polar surface area (TPSA) is 79.8 Å². The van der Waals surface area contributed by atoms with Crippen LogP contribution in [0.5, 0.6) is 11.5 Å². The van der Waals surface area contributed by atoms with Crippen molar-refractivity contribution in [3.63, 3.8) is 0 Å². The molecule has 0 bridgehead atoms. The van der Waals surface area contributed by atoms with Crippen LogP contribution < -0.4 is 20.1 Å². The van der Waals surface area contributed by atoms with Crippen LogP contribution in [0.4, 0.5) is 10.5 Å². The van der Waals surface area contributed by atoms with Crippen molar-refractivity contribution in [1.82, 2.24) is 5.32 Å². The molecule has 0 saturated heterocycles. The van der Waals surface area contributed by atoms with Crippen molar-refractivity contribution in [2.24, 2.45) is 5.92 Å². The normalized spacial score (nSPS) is 13.2. The molecule has 0 spiro atoms. The first kappa shape index (κ1) is 17.1. The van der Waals surface area contributed by atoms with Crippen LogP contribution in [-0.2, 0) is 0 Å². The Labute approximate surface area is 125 Å². The summed E-state index contributed by atoms with van der Waals surface area (Å²) in [6, 6.07) is 4.85. The van der Waals surface area contributed by atoms with E-state index in [4.69, 9.17) is 9.47 Å². The van der Waals surface area contributed by atoms with E-state index in [1.165, 1.54) is 0 Å². The third-order valence-electron chi connectivity index (χ3n) is 2.96. The van der Waals surface area contributed by atoms with E-state index in [0.29, 0.717) is 30.2 Å². The van der Waals surface area contributed by atoms with Gasteiger partial charge in [-0.15, -0.1) is 0 Å². The second-order valence-electron chi connectivity index (χ2n) is 5.13. The quantitative estimate of drug-likeness (QED) is 0.721. The highest BCUT2D eigenvalue weighted by Gasteiger charge is 2.09. The standard InChI is InChI=1S/C15H24N2O4/c1-10(5-11(2)18)9-16-15(19)17-12-6-13(20-3)8-14(7-12)21-4/h6-8,10-11,18H,5,9H2,1-4H3,(H2,16,17,19)/t10-,11-/m0/s1. The van der Waals surface area contributed by atoms with Crippen LogP contribution >= 0.6 is 0 Å².